The molecule has 0 amide bonds. The van der Waals surface area contributed by atoms with Crippen molar-refractivity contribution in [2.45, 2.75) is 12.8 Å². The normalized spacial score (nSPS) is 10.7. The van der Waals surface area contributed by atoms with Crippen molar-refractivity contribution in [1.29, 1.82) is 0 Å². The number of carbonyl (C=O) groups excluding carboxylic acids is 1. The molecule has 0 heterocycles. The Morgan fingerprint density at radius 3 is 2.53 bits per heavy atom. The highest BCUT2D eigenvalue weighted by molar-refractivity contribution is 6.34. The molecule has 1 nitrogen and oxygen atoms in total. The summed E-state index contributed by atoms with van der Waals surface area (Å²) in [6.07, 6.45) is -2.44. The van der Waals surface area contributed by atoms with Gasteiger partial charge < -0.3 is 0 Å². The average molecular weight is 253 g/mol. The third kappa shape index (κ3) is 3.14. The molecule has 0 radical (unpaired) electrons. The van der Waals surface area contributed by atoms with Gasteiger partial charge in [-0.25, -0.2) is 8.78 Å². The largest absolute Gasteiger partial charge is 0.294 e. The fraction of sp³-hybridized carbons (Fsp3) is 0.300. The molecule has 5 heteroatoms. The lowest BCUT2D eigenvalue weighted by Gasteiger charge is -2.05. The first kappa shape index (κ1) is 12.4. The zero-order chi connectivity index (χ0) is 11.4. The van der Waals surface area contributed by atoms with E-state index in [1.165, 1.54) is 12.1 Å². The fourth-order valence-corrected chi connectivity index (χ4v) is 1.58. The van der Waals surface area contributed by atoms with Gasteiger partial charge in [-0.05, 0) is 12.1 Å². The molecule has 0 saturated carbocycles. The fourth-order valence-electron chi connectivity index (χ4n) is 1.11. The van der Waals surface area contributed by atoms with Gasteiger partial charge in [-0.3, -0.25) is 4.79 Å². The van der Waals surface area contributed by atoms with Crippen molar-refractivity contribution in [3.05, 3.63) is 34.3 Å². The Kier molecular flexibility index (Phi) is 4.48. The molecule has 0 saturated heterocycles. The first-order valence-electron chi connectivity index (χ1n) is 4.23. The molecule has 0 unspecified atom stereocenters. The summed E-state index contributed by atoms with van der Waals surface area (Å²) in [7, 11) is 0. The summed E-state index contributed by atoms with van der Waals surface area (Å²) in [6.45, 7) is 0. The summed E-state index contributed by atoms with van der Waals surface area (Å²) in [5.41, 5.74) is 0.0455. The number of hydrogen-bond acceptors (Lipinski definition) is 1. The van der Waals surface area contributed by atoms with Crippen LogP contribution in [0.2, 0.25) is 5.02 Å². The molecule has 0 atom stereocenters. The van der Waals surface area contributed by atoms with Gasteiger partial charge in [0.1, 0.15) is 0 Å². The van der Waals surface area contributed by atoms with Crippen LogP contribution in [0.4, 0.5) is 8.78 Å². The van der Waals surface area contributed by atoms with Crippen LogP contribution >= 0.6 is 23.2 Å². The maximum Gasteiger partial charge on any atom is 0.263 e. The minimum atomic E-state index is -2.58. The molecule has 0 aliphatic rings. The maximum atomic E-state index is 12.3. The van der Waals surface area contributed by atoms with Crippen LogP contribution in [0.1, 0.15) is 28.8 Å². The van der Waals surface area contributed by atoms with Crippen LogP contribution in [0.3, 0.4) is 0 Å². The number of ketones is 1. The first-order valence-corrected chi connectivity index (χ1v) is 5.14. The second-order valence-corrected chi connectivity index (χ2v) is 3.69. The Labute approximate surface area is 96.0 Å². The molecular weight excluding hydrogens is 245 g/mol. The maximum absolute atomic E-state index is 12.3. The minimum Gasteiger partial charge on any atom is -0.294 e. The van der Waals surface area contributed by atoms with E-state index >= 15 is 0 Å². The standard InChI is InChI=1S/C10H8Cl2F2O/c11-4-3-9(15)7-2-1-6(10(13)14)5-8(7)12/h1-2,5,10H,3-4H2. The highest BCUT2D eigenvalue weighted by Crippen LogP contribution is 2.25. The van der Waals surface area contributed by atoms with E-state index in [1.54, 1.807) is 0 Å². The van der Waals surface area contributed by atoms with E-state index in [0.717, 1.165) is 6.07 Å². The third-order valence-corrected chi connectivity index (χ3v) is 2.37. The van der Waals surface area contributed by atoms with Crippen molar-refractivity contribution in [2.75, 3.05) is 5.88 Å². The SMILES string of the molecule is O=C(CCCl)c1ccc(C(F)F)cc1Cl. The summed E-state index contributed by atoms with van der Waals surface area (Å²) >= 11 is 11.1. The molecule has 15 heavy (non-hydrogen) atoms. The Balaban J connectivity index is 2.98. The second kappa shape index (κ2) is 5.42. The van der Waals surface area contributed by atoms with Gasteiger partial charge in [-0.2, -0.15) is 0 Å². The number of halogens is 4. The number of benzene rings is 1. The van der Waals surface area contributed by atoms with Gasteiger partial charge in [-0.1, -0.05) is 17.7 Å². The van der Waals surface area contributed by atoms with Gasteiger partial charge >= 0.3 is 0 Å². The van der Waals surface area contributed by atoms with E-state index < -0.39 is 6.43 Å². The Bertz CT molecular complexity index is 366. The quantitative estimate of drug-likeness (QED) is 0.583. The van der Waals surface area contributed by atoms with Gasteiger partial charge in [0.25, 0.3) is 6.43 Å². The Hall–Kier alpha value is -0.670. The Morgan fingerprint density at radius 2 is 2.07 bits per heavy atom. The van der Waals surface area contributed by atoms with Gasteiger partial charge in [0.05, 0.1) is 5.02 Å². The molecule has 1 rings (SSSR count). The lowest BCUT2D eigenvalue weighted by molar-refractivity contribution is 0.0989. The lowest BCUT2D eigenvalue weighted by Crippen LogP contribution is -2.01. The second-order valence-electron chi connectivity index (χ2n) is 2.90. The van der Waals surface area contributed by atoms with E-state index in [0.29, 0.717) is 0 Å². The minimum absolute atomic E-state index is 0.0444. The van der Waals surface area contributed by atoms with E-state index in [-0.39, 0.29) is 34.2 Å². The van der Waals surface area contributed by atoms with Crippen molar-refractivity contribution in [3.8, 4) is 0 Å². The van der Waals surface area contributed by atoms with Crippen LogP contribution in [0.5, 0.6) is 0 Å². The predicted molar refractivity (Wildman–Crippen MR) is 56.1 cm³/mol. The molecule has 0 aliphatic heterocycles. The molecule has 0 bridgehead atoms. The number of rotatable bonds is 4. The van der Waals surface area contributed by atoms with Crippen molar-refractivity contribution in [1.82, 2.24) is 0 Å². The summed E-state index contributed by atoms with van der Waals surface area (Å²) in [5, 5.41) is 0.0444. The van der Waals surface area contributed by atoms with Crippen LogP contribution < -0.4 is 0 Å². The summed E-state index contributed by atoms with van der Waals surface area (Å²) in [4.78, 5) is 11.4. The molecular formula is C10H8Cl2F2O. The molecule has 0 aromatic heterocycles. The van der Waals surface area contributed by atoms with Crippen LogP contribution in [0, 0.1) is 0 Å². The van der Waals surface area contributed by atoms with Crippen molar-refractivity contribution >= 4 is 29.0 Å². The lowest BCUT2D eigenvalue weighted by atomic mass is 10.1. The highest BCUT2D eigenvalue weighted by Gasteiger charge is 2.13. The molecule has 1 aromatic carbocycles. The zero-order valence-corrected chi connectivity index (χ0v) is 9.16. The molecule has 82 valence electrons. The van der Waals surface area contributed by atoms with Crippen molar-refractivity contribution in [3.63, 3.8) is 0 Å². The van der Waals surface area contributed by atoms with Crippen molar-refractivity contribution < 1.29 is 13.6 Å². The summed E-state index contributed by atoms with van der Waals surface area (Å²) < 4.78 is 24.5. The number of hydrogen-bond donors (Lipinski definition) is 0. The number of carbonyl (C=O) groups is 1. The average Bonchev–Trinajstić information content (AvgIpc) is 2.17. The van der Waals surface area contributed by atoms with E-state index in [1.807, 2.05) is 0 Å². The van der Waals surface area contributed by atoms with Crippen LogP contribution in [-0.4, -0.2) is 11.7 Å². The monoisotopic (exact) mass is 252 g/mol. The molecule has 1 aromatic rings. The van der Waals surface area contributed by atoms with Gasteiger partial charge in [0.15, 0.2) is 5.78 Å². The molecule has 0 fully saturated rings. The van der Waals surface area contributed by atoms with Crippen LogP contribution in [-0.2, 0) is 0 Å². The van der Waals surface area contributed by atoms with Gasteiger partial charge in [-0.15, -0.1) is 11.6 Å². The van der Waals surface area contributed by atoms with Gasteiger partial charge in [0, 0.05) is 23.4 Å². The van der Waals surface area contributed by atoms with E-state index in [2.05, 4.69) is 0 Å². The van der Waals surface area contributed by atoms with Crippen molar-refractivity contribution in [2.24, 2.45) is 0 Å². The predicted octanol–water partition coefficient (Wildman–Crippen LogP) is 4.09. The van der Waals surface area contributed by atoms with Crippen LogP contribution in [0.15, 0.2) is 18.2 Å². The first-order chi connectivity index (χ1) is 7.06. The zero-order valence-electron chi connectivity index (χ0n) is 7.64. The van der Waals surface area contributed by atoms with Crippen LogP contribution in [0.25, 0.3) is 0 Å². The summed E-state index contributed by atoms with van der Waals surface area (Å²) in [5.74, 6) is -0.0537. The molecule has 0 N–H and O–H groups in total. The van der Waals surface area contributed by atoms with E-state index in [9.17, 15) is 13.6 Å². The molecule has 0 aliphatic carbocycles. The summed E-state index contributed by atoms with van der Waals surface area (Å²) in [6, 6.07) is 3.60. The third-order valence-electron chi connectivity index (χ3n) is 1.87. The highest BCUT2D eigenvalue weighted by atomic mass is 35.5. The smallest absolute Gasteiger partial charge is 0.263 e. The van der Waals surface area contributed by atoms with Gasteiger partial charge in [0.2, 0.25) is 0 Å². The topological polar surface area (TPSA) is 17.1 Å². The Morgan fingerprint density at radius 1 is 1.40 bits per heavy atom. The number of Topliss-reactive ketones (excluding diaryl/α,β-unsaturated/α-hetero) is 1. The molecule has 0 spiro atoms. The van der Waals surface area contributed by atoms with E-state index in [4.69, 9.17) is 23.2 Å². The number of alkyl halides is 3.